The van der Waals surface area contributed by atoms with Gasteiger partial charge in [0.25, 0.3) is 0 Å². The van der Waals surface area contributed by atoms with Crippen molar-refractivity contribution in [2.45, 2.75) is 65.0 Å². The monoisotopic (exact) mass is 239 g/mol. The van der Waals surface area contributed by atoms with Gasteiger partial charge in [-0.2, -0.15) is 0 Å². The van der Waals surface area contributed by atoms with E-state index in [2.05, 4.69) is 32.7 Å². The van der Waals surface area contributed by atoms with Crippen LogP contribution in [0.4, 0.5) is 0 Å². The van der Waals surface area contributed by atoms with E-state index in [4.69, 9.17) is 4.74 Å². The summed E-state index contributed by atoms with van der Waals surface area (Å²) in [5.74, 6) is 0.861. The maximum absolute atomic E-state index is 5.61. The normalized spacial score (nSPS) is 25.4. The molecule has 0 aromatic rings. The molecule has 0 heterocycles. The second-order valence-electron chi connectivity index (χ2n) is 5.21. The molecule has 0 saturated heterocycles. The van der Waals surface area contributed by atoms with Crippen LogP contribution in [0.1, 0.15) is 52.9 Å². The third kappa shape index (κ3) is 5.22. The van der Waals surface area contributed by atoms with Gasteiger partial charge in [0.05, 0.1) is 6.10 Å². The lowest BCUT2D eigenvalue weighted by molar-refractivity contribution is -0.0289. The summed E-state index contributed by atoms with van der Waals surface area (Å²) in [6.07, 6.45) is 6.59. The van der Waals surface area contributed by atoms with E-state index in [0.717, 1.165) is 31.9 Å². The van der Waals surface area contributed by atoms with E-state index in [1.54, 1.807) is 0 Å². The van der Waals surface area contributed by atoms with Crippen molar-refractivity contribution in [1.29, 1.82) is 0 Å². The Kier molecular flexibility index (Phi) is 6.83. The van der Waals surface area contributed by atoms with Crippen molar-refractivity contribution < 1.29 is 4.74 Å². The molecule has 1 saturated carbocycles. The van der Waals surface area contributed by atoms with Gasteiger partial charge in [0.1, 0.15) is 0 Å². The fraction of sp³-hybridized carbons (Fsp3) is 0.867. The van der Waals surface area contributed by atoms with Gasteiger partial charge in [-0.05, 0) is 51.5 Å². The average molecular weight is 239 g/mol. The molecule has 1 fully saturated rings. The quantitative estimate of drug-likeness (QED) is 0.622. The minimum atomic E-state index is 0.543. The van der Waals surface area contributed by atoms with E-state index in [1.807, 2.05) is 0 Å². The van der Waals surface area contributed by atoms with Crippen molar-refractivity contribution in [1.82, 2.24) is 5.32 Å². The molecule has 2 heteroatoms. The van der Waals surface area contributed by atoms with E-state index in [1.165, 1.54) is 24.8 Å². The molecule has 1 atom stereocenters. The van der Waals surface area contributed by atoms with Crippen LogP contribution in [0.2, 0.25) is 0 Å². The van der Waals surface area contributed by atoms with Crippen molar-refractivity contribution in [2.75, 3.05) is 13.2 Å². The molecule has 1 aliphatic rings. The minimum Gasteiger partial charge on any atom is -0.378 e. The maximum atomic E-state index is 5.61. The van der Waals surface area contributed by atoms with E-state index >= 15 is 0 Å². The summed E-state index contributed by atoms with van der Waals surface area (Å²) in [4.78, 5) is 0. The molecular weight excluding hydrogens is 210 g/mol. The van der Waals surface area contributed by atoms with Crippen LogP contribution >= 0.6 is 0 Å². The molecule has 0 radical (unpaired) electrons. The minimum absolute atomic E-state index is 0.543. The van der Waals surface area contributed by atoms with Crippen LogP contribution in [0.5, 0.6) is 0 Å². The van der Waals surface area contributed by atoms with E-state index in [0.29, 0.717) is 12.1 Å². The van der Waals surface area contributed by atoms with Crippen LogP contribution in [0, 0.1) is 5.92 Å². The molecule has 0 aromatic carbocycles. The summed E-state index contributed by atoms with van der Waals surface area (Å²) in [6.45, 7) is 12.5. The second kappa shape index (κ2) is 7.88. The van der Waals surface area contributed by atoms with E-state index in [-0.39, 0.29) is 0 Å². The Morgan fingerprint density at radius 3 is 2.59 bits per heavy atom. The summed E-state index contributed by atoms with van der Waals surface area (Å²) in [6, 6.07) is 0.625. The first-order chi connectivity index (χ1) is 8.19. The summed E-state index contributed by atoms with van der Waals surface area (Å²) >= 11 is 0. The SMILES string of the molecule is C=C(CC)CC(CC1CC(OCC)C1)NCC. The molecule has 1 unspecified atom stereocenters. The highest BCUT2D eigenvalue weighted by Crippen LogP contribution is 2.34. The molecule has 2 nitrogen and oxygen atoms in total. The van der Waals surface area contributed by atoms with Crippen LogP contribution < -0.4 is 5.32 Å². The van der Waals surface area contributed by atoms with Crippen molar-refractivity contribution in [3.05, 3.63) is 12.2 Å². The molecule has 17 heavy (non-hydrogen) atoms. The van der Waals surface area contributed by atoms with Gasteiger partial charge in [-0.1, -0.05) is 26.0 Å². The number of nitrogens with one attached hydrogen (secondary N) is 1. The molecule has 1 rings (SSSR count). The largest absolute Gasteiger partial charge is 0.378 e. The van der Waals surface area contributed by atoms with Gasteiger partial charge in [-0.15, -0.1) is 0 Å². The topological polar surface area (TPSA) is 21.3 Å². The molecule has 100 valence electrons. The van der Waals surface area contributed by atoms with Gasteiger partial charge < -0.3 is 10.1 Å². The molecule has 0 amide bonds. The van der Waals surface area contributed by atoms with Crippen molar-refractivity contribution in [3.63, 3.8) is 0 Å². The fourth-order valence-corrected chi connectivity index (χ4v) is 2.66. The third-order valence-corrected chi connectivity index (χ3v) is 3.74. The predicted octanol–water partition coefficient (Wildman–Crippen LogP) is 3.53. The van der Waals surface area contributed by atoms with Crippen molar-refractivity contribution in [2.24, 2.45) is 5.92 Å². The Morgan fingerprint density at radius 2 is 2.06 bits per heavy atom. The van der Waals surface area contributed by atoms with Gasteiger partial charge >= 0.3 is 0 Å². The van der Waals surface area contributed by atoms with Gasteiger partial charge in [0.15, 0.2) is 0 Å². The third-order valence-electron chi connectivity index (χ3n) is 3.74. The number of hydrogen-bond donors (Lipinski definition) is 1. The zero-order valence-electron chi connectivity index (χ0n) is 11.8. The number of ether oxygens (including phenoxy) is 1. The molecule has 0 spiro atoms. The van der Waals surface area contributed by atoms with Crippen molar-refractivity contribution in [3.8, 4) is 0 Å². The van der Waals surface area contributed by atoms with Gasteiger partial charge in [0.2, 0.25) is 0 Å². The first kappa shape index (κ1) is 14.7. The standard InChI is InChI=1S/C15H29NO/c1-5-12(4)8-14(16-6-2)9-13-10-15(11-13)17-7-3/h13-16H,4-11H2,1-3H3. The van der Waals surface area contributed by atoms with Gasteiger partial charge in [-0.25, -0.2) is 0 Å². The number of hydrogen-bond acceptors (Lipinski definition) is 2. The molecule has 1 aliphatic carbocycles. The van der Waals surface area contributed by atoms with Gasteiger partial charge in [0, 0.05) is 12.6 Å². The maximum Gasteiger partial charge on any atom is 0.0580 e. The Morgan fingerprint density at radius 1 is 1.35 bits per heavy atom. The Bertz CT molecular complexity index is 221. The predicted molar refractivity (Wildman–Crippen MR) is 74.3 cm³/mol. The summed E-state index contributed by atoms with van der Waals surface area (Å²) < 4.78 is 5.61. The second-order valence-corrected chi connectivity index (χ2v) is 5.21. The lowest BCUT2D eigenvalue weighted by atomic mass is 9.77. The Balaban J connectivity index is 2.23. The Hall–Kier alpha value is -0.340. The first-order valence-electron chi connectivity index (χ1n) is 7.21. The van der Waals surface area contributed by atoms with E-state index < -0.39 is 0 Å². The molecule has 0 aromatic heterocycles. The summed E-state index contributed by atoms with van der Waals surface area (Å²) in [5.41, 5.74) is 1.37. The molecule has 0 bridgehead atoms. The summed E-state index contributed by atoms with van der Waals surface area (Å²) in [7, 11) is 0. The lowest BCUT2D eigenvalue weighted by Crippen LogP contribution is -2.38. The molecular formula is C15H29NO. The van der Waals surface area contributed by atoms with E-state index in [9.17, 15) is 0 Å². The smallest absolute Gasteiger partial charge is 0.0580 e. The summed E-state index contributed by atoms with van der Waals surface area (Å²) in [5, 5.41) is 3.59. The van der Waals surface area contributed by atoms with Crippen LogP contribution in [-0.2, 0) is 4.74 Å². The molecule has 1 N–H and O–H groups in total. The number of rotatable bonds is 9. The van der Waals surface area contributed by atoms with Crippen LogP contribution in [0.3, 0.4) is 0 Å². The highest BCUT2D eigenvalue weighted by Gasteiger charge is 2.31. The van der Waals surface area contributed by atoms with Gasteiger partial charge in [-0.3, -0.25) is 0 Å². The highest BCUT2D eigenvalue weighted by atomic mass is 16.5. The lowest BCUT2D eigenvalue weighted by Gasteiger charge is -2.37. The zero-order valence-corrected chi connectivity index (χ0v) is 11.8. The molecule has 0 aliphatic heterocycles. The van der Waals surface area contributed by atoms with Crippen LogP contribution in [-0.4, -0.2) is 25.3 Å². The average Bonchev–Trinajstić information content (AvgIpc) is 2.26. The first-order valence-corrected chi connectivity index (χ1v) is 7.21. The fourth-order valence-electron chi connectivity index (χ4n) is 2.66. The highest BCUT2D eigenvalue weighted by molar-refractivity contribution is 4.97. The van der Waals surface area contributed by atoms with Crippen molar-refractivity contribution >= 4 is 0 Å². The van der Waals surface area contributed by atoms with Crippen LogP contribution in [0.25, 0.3) is 0 Å². The Labute approximate surface area is 107 Å². The zero-order chi connectivity index (χ0) is 12.7. The van der Waals surface area contributed by atoms with Crippen LogP contribution in [0.15, 0.2) is 12.2 Å².